The highest BCUT2D eigenvalue weighted by Crippen LogP contribution is 2.31. The molecule has 1 aromatic carbocycles. The van der Waals surface area contributed by atoms with Crippen molar-refractivity contribution in [2.24, 2.45) is 5.41 Å². The number of nitrogens with zero attached hydrogens (tertiary/aromatic N) is 4. The molecule has 0 unspecified atom stereocenters. The van der Waals surface area contributed by atoms with Gasteiger partial charge in [-0.15, -0.1) is 10.2 Å². The molecule has 3 rings (SSSR count). The second-order valence-electron chi connectivity index (χ2n) is 5.76. The van der Waals surface area contributed by atoms with Crippen LogP contribution in [0.25, 0.3) is 5.69 Å². The maximum atomic E-state index is 12.5. The summed E-state index contributed by atoms with van der Waals surface area (Å²) < 4.78 is 1.74. The van der Waals surface area contributed by atoms with E-state index in [-0.39, 0.29) is 12.5 Å². The number of carboxylic acid groups (broad SMARTS) is 1. The molecule has 1 aliphatic heterocycles. The first-order valence-electron chi connectivity index (χ1n) is 6.97. The summed E-state index contributed by atoms with van der Waals surface area (Å²) >= 11 is 0. The Labute approximate surface area is 127 Å². The van der Waals surface area contributed by atoms with Crippen LogP contribution >= 0.6 is 0 Å². The van der Waals surface area contributed by atoms with Crippen LogP contribution in [0.3, 0.4) is 0 Å². The summed E-state index contributed by atoms with van der Waals surface area (Å²) in [6, 6.07) is 7.08. The molecule has 1 saturated heterocycles. The van der Waals surface area contributed by atoms with Crippen LogP contribution in [-0.2, 0) is 4.79 Å². The number of carboxylic acids is 1. The van der Waals surface area contributed by atoms with Crippen molar-refractivity contribution in [3.63, 3.8) is 0 Å². The lowest BCUT2D eigenvalue weighted by molar-refractivity contribution is -0.147. The summed E-state index contributed by atoms with van der Waals surface area (Å²) in [5.41, 5.74) is 0.558. The quantitative estimate of drug-likeness (QED) is 0.920. The predicted octanol–water partition coefficient (Wildman–Crippen LogP) is 1.20. The average Bonchev–Trinajstić information content (AvgIpc) is 3.17. The molecule has 2 heterocycles. The van der Waals surface area contributed by atoms with Gasteiger partial charge in [0.15, 0.2) is 0 Å². The molecule has 1 amide bonds. The second kappa shape index (κ2) is 5.25. The van der Waals surface area contributed by atoms with Gasteiger partial charge in [0, 0.05) is 24.3 Å². The second-order valence-corrected chi connectivity index (χ2v) is 5.76. The minimum absolute atomic E-state index is 0.139. The van der Waals surface area contributed by atoms with Gasteiger partial charge in [-0.3, -0.25) is 14.2 Å². The summed E-state index contributed by atoms with van der Waals surface area (Å²) in [4.78, 5) is 25.3. The summed E-state index contributed by atoms with van der Waals surface area (Å²) in [5, 5.41) is 16.7. The average molecular weight is 300 g/mol. The lowest BCUT2D eigenvalue weighted by atomic mass is 9.90. The number of hydrogen-bond acceptors (Lipinski definition) is 4. The molecule has 7 nitrogen and oxygen atoms in total. The Bertz CT molecular complexity index is 696. The molecule has 0 bridgehead atoms. The molecule has 0 aliphatic carbocycles. The molecule has 0 radical (unpaired) electrons. The zero-order valence-electron chi connectivity index (χ0n) is 12.1. The van der Waals surface area contributed by atoms with Crippen molar-refractivity contribution in [1.29, 1.82) is 0 Å². The van der Waals surface area contributed by atoms with Crippen LogP contribution in [0, 0.1) is 5.41 Å². The fourth-order valence-corrected chi connectivity index (χ4v) is 2.60. The van der Waals surface area contributed by atoms with E-state index in [0.717, 1.165) is 5.69 Å². The van der Waals surface area contributed by atoms with Crippen LogP contribution in [0.1, 0.15) is 23.7 Å². The fourth-order valence-electron chi connectivity index (χ4n) is 2.60. The Morgan fingerprint density at radius 3 is 2.36 bits per heavy atom. The van der Waals surface area contributed by atoms with Crippen molar-refractivity contribution in [2.45, 2.75) is 13.3 Å². The van der Waals surface area contributed by atoms with Crippen molar-refractivity contribution in [3.05, 3.63) is 42.5 Å². The molecule has 22 heavy (non-hydrogen) atoms. The monoisotopic (exact) mass is 300 g/mol. The van der Waals surface area contributed by atoms with Crippen molar-refractivity contribution < 1.29 is 14.7 Å². The molecule has 0 saturated carbocycles. The Kier molecular flexibility index (Phi) is 3.40. The first-order chi connectivity index (χ1) is 10.5. The van der Waals surface area contributed by atoms with Gasteiger partial charge in [0.2, 0.25) is 0 Å². The fraction of sp³-hybridized carbons (Fsp3) is 0.333. The number of carbonyl (C=O) groups is 2. The van der Waals surface area contributed by atoms with Gasteiger partial charge in [-0.05, 0) is 37.6 Å². The third kappa shape index (κ3) is 2.45. The third-order valence-corrected chi connectivity index (χ3v) is 4.11. The Hall–Kier alpha value is -2.70. The molecule has 2 aromatic rings. The number of amides is 1. The molecule has 1 N–H and O–H groups in total. The molecule has 1 aromatic heterocycles. The van der Waals surface area contributed by atoms with E-state index in [4.69, 9.17) is 0 Å². The van der Waals surface area contributed by atoms with E-state index in [1.807, 2.05) is 12.1 Å². The van der Waals surface area contributed by atoms with E-state index in [2.05, 4.69) is 10.2 Å². The Morgan fingerprint density at radius 2 is 1.82 bits per heavy atom. The zero-order valence-corrected chi connectivity index (χ0v) is 12.1. The third-order valence-electron chi connectivity index (χ3n) is 4.11. The largest absolute Gasteiger partial charge is 0.481 e. The van der Waals surface area contributed by atoms with Crippen molar-refractivity contribution in [2.75, 3.05) is 13.1 Å². The molecular formula is C15H16N4O3. The van der Waals surface area contributed by atoms with Crippen molar-refractivity contribution in [3.8, 4) is 5.69 Å². The summed E-state index contributed by atoms with van der Waals surface area (Å²) in [6.45, 7) is 2.39. The van der Waals surface area contributed by atoms with E-state index < -0.39 is 11.4 Å². The summed E-state index contributed by atoms with van der Waals surface area (Å²) in [6.07, 6.45) is 3.64. The standard InChI is InChI=1S/C15H16N4O3/c1-15(14(21)22)6-7-18(8-15)13(20)11-2-4-12(5-3-11)19-9-16-17-10-19/h2-5,9-10H,6-8H2,1H3,(H,21,22)/t15-/m0/s1. The molecule has 7 heteroatoms. The van der Waals surface area contributed by atoms with E-state index in [1.54, 1.807) is 41.2 Å². The first kappa shape index (κ1) is 14.2. The van der Waals surface area contributed by atoms with Gasteiger partial charge in [0.1, 0.15) is 12.7 Å². The van der Waals surface area contributed by atoms with Crippen molar-refractivity contribution in [1.82, 2.24) is 19.7 Å². The normalized spacial score (nSPS) is 21.0. The molecule has 1 atom stereocenters. The summed E-state index contributed by atoms with van der Waals surface area (Å²) in [7, 11) is 0. The van der Waals surface area contributed by atoms with Crippen LogP contribution in [0.5, 0.6) is 0 Å². The van der Waals surface area contributed by atoms with Crippen LogP contribution in [0.4, 0.5) is 0 Å². The molecule has 1 aliphatic rings. The number of hydrogen-bond donors (Lipinski definition) is 1. The first-order valence-corrected chi connectivity index (χ1v) is 6.97. The number of aromatic nitrogens is 3. The van der Waals surface area contributed by atoms with Crippen LogP contribution < -0.4 is 0 Å². The Balaban J connectivity index is 1.75. The topological polar surface area (TPSA) is 88.3 Å². The maximum Gasteiger partial charge on any atom is 0.311 e. The summed E-state index contributed by atoms with van der Waals surface area (Å²) in [5.74, 6) is -0.994. The number of carbonyl (C=O) groups excluding carboxylic acids is 1. The molecule has 1 fully saturated rings. The lowest BCUT2D eigenvalue weighted by Gasteiger charge is -2.20. The van der Waals surface area contributed by atoms with Gasteiger partial charge < -0.3 is 10.0 Å². The van der Waals surface area contributed by atoms with Gasteiger partial charge >= 0.3 is 5.97 Å². The minimum Gasteiger partial charge on any atom is -0.481 e. The van der Waals surface area contributed by atoms with Crippen LogP contribution in [0.2, 0.25) is 0 Å². The lowest BCUT2D eigenvalue weighted by Crippen LogP contribution is -2.34. The van der Waals surface area contributed by atoms with E-state index in [1.165, 1.54) is 0 Å². The molecular weight excluding hydrogens is 284 g/mol. The van der Waals surface area contributed by atoms with Crippen LogP contribution in [-0.4, -0.2) is 49.7 Å². The minimum atomic E-state index is -0.856. The number of likely N-dealkylation sites (tertiary alicyclic amines) is 1. The van der Waals surface area contributed by atoms with E-state index in [9.17, 15) is 14.7 Å². The Morgan fingerprint density at radius 1 is 1.18 bits per heavy atom. The highest BCUT2D eigenvalue weighted by atomic mass is 16.4. The van der Waals surface area contributed by atoms with Crippen molar-refractivity contribution >= 4 is 11.9 Å². The van der Waals surface area contributed by atoms with E-state index in [0.29, 0.717) is 18.5 Å². The SMILES string of the molecule is C[C@]1(C(=O)O)CCN(C(=O)c2ccc(-n3cnnc3)cc2)C1. The van der Waals surface area contributed by atoms with Gasteiger partial charge in [-0.25, -0.2) is 0 Å². The van der Waals surface area contributed by atoms with Gasteiger partial charge in [-0.2, -0.15) is 0 Å². The zero-order chi connectivity index (χ0) is 15.7. The van der Waals surface area contributed by atoms with E-state index >= 15 is 0 Å². The molecule has 114 valence electrons. The van der Waals surface area contributed by atoms with Gasteiger partial charge in [-0.1, -0.05) is 0 Å². The highest BCUT2D eigenvalue weighted by Gasteiger charge is 2.42. The van der Waals surface area contributed by atoms with Gasteiger partial charge in [0.25, 0.3) is 5.91 Å². The number of benzene rings is 1. The molecule has 0 spiro atoms. The number of rotatable bonds is 3. The smallest absolute Gasteiger partial charge is 0.311 e. The maximum absolute atomic E-state index is 12.5. The predicted molar refractivity (Wildman–Crippen MR) is 77.6 cm³/mol. The highest BCUT2D eigenvalue weighted by molar-refractivity contribution is 5.95. The van der Waals surface area contributed by atoms with Gasteiger partial charge in [0.05, 0.1) is 5.41 Å². The van der Waals surface area contributed by atoms with Crippen LogP contribution in [0.15, 0.2) is 36.9 Å². The number of aliphatic carboxylic acids is 1.